The summed E-state index contributed by atoms with van der Waals surface area (Å²) in [5, 5.41) is 2.89. The Bertz CT molecular complexity index is 626. The predicted molar refractivity (Wildman–Crippen MR) is 84.5 cm³/mol. The number of carbonyl (C=O) groups excluding carboxylic acids is 1. The Morgan fingerprint density at radius 3 is 2.75 bits per heavy atom. The average Bonchev–Trinajstić information content (AvgIpc) is 2.47. The van der Waals surface area contributed by atoms with Crippen LogP contribution in [0.1, 0.15) is 22.8 Å². The van der Waals surface area contributed by atoms with Crippen LogP contribution >= 0.6 is 15.9 Å². The standard InChI is InChI=1S/C16H16BrNO2/c1-3-11-5-4-6-13(9-11)18-16(19)14-8-7-12(17)10-15(14)20-2/h4-10H,3H2,1-2H3,(H,18,19). The molecule has 0 fully saturated rings. The number of anilines is 1. The van der Waals surface area contributed by atoms with Gasteiger partial charge in [-0.3, -0.25) is 4.79 Å². The Labute approximate surface area is 127 Å². The first-order valence-electron chi connectivity index (χ1n) is 6.38. The fourth-order valence-corrected chi connectivity index (χ4v) is 2.26. The number of nitrogens with one attached hydrogen (secondary N) is 1. The third-order valence-corrected chi connectivity index (χ3v) is 3.49. The summed E-state index contributed by atoms with van der Waals surface area (Å²) in [5.74, 6) is 0.367. The number of methoxy groups -OCH3 is 1. The normalized spacial score (nSPS) is 10.2. The van der Waals surface area contributed by atoms with Crippen molar-refractivity contribution in [3.63, 3.8) is 0 Å². The minimum atomic E-state index is -0.178. The molecule has 2 aromatic rings. The molecule has 0 atom stereocenters. The van der Waals surface area contributed by atoms with Crippen LogP contribution in [0.2, 0.25) is 0 Å². The molecule has 0 aromatic heterocycles. The molecule has 0 aliphatic rings. The molecular formula is C16H16BrNO2. The molecule has 0 aliphatic carbocycles. The van der Waals surface area contributed by atoms with Crippen molar-refractivity contribution in [1.82, 2.24) is 0 Å². The number of amides is 1. The van der Waals surface area contributed by atoms with Crippen LogP contribution in [-0.4, -0.2) is 13.0 Å². The first-order valence-corrected chi connectivity index (χ1v) is 7.17. The Morgan fingerprint density at radius 1 is 1.25 bits per heavy atom. The number of halogens is 1. The largest absolute Gasteiger partial charge is 0.496 e. The molecule has 4 heteroatoms. The van der Waals surface area contributed by atoms with Gasteiger partial charge in [-0.2, -0.15) is 0 Å². The molecule has 2 rings (SSSR count). The minimum absolute atomic E-state index is 0.178. The lowest BCUT2D eigenvalue weighted by Crippen LogP contribution is -2.13. The van der Waals surface area contributed by atoms with Crippen LogP contribution in [0.5, 0.6) is 5.75 Å². The molecule has 104 valence electrons. The van der Waals surface area contributed by atoms with Crippen LogP contribution in [-0.2, 0) is 6.42 Å². The third-order valence-electron chi connectivity index (χ3n) is 3.00. The average molecular weight is 334 g/mol. The lowest BCUT2D eigenvalue weighted by Gasteiger charge is -2.10. The van der Waals surface area contributed by atoms with Gasteiger partial charge in [0.2, 0.25) is 0 Å². The van der Waals surface area contributed by atoms with E-state index in [0.717, 1.165) is 16.6 Å². The van der Waals surface area contributed by atoms with E-state index in [0.29, 0.717) is 11.3 Å². The van der Waals surface area contributed by atoms with Crippen molar-refractivity contribution in [2.24, 2.45) is 0 Å². The molecule has 1 N–H and O–H groups in total. The maximum absolute atomic E-state index is 12.3. The molecule has 0 spiro atoms. The van der Waals surface area contributed by atoms with Crippen molar-refractivity contribution in [2.45, 2.75) is 13.3 Å². The van der Waals surface area contributed by atoms with E-state index in [9.17, 15) is 4.79 Å². The summed E-state index contributed by atoms with van der Waals surface area (Å²) in [7, 11) is 1.55. The van der Waals surface area contributed by atoms with Gasteiger partial charge in [0.1, 0.15) is 5.75 Å². The Kier molecular flexibility index (Phi) is 4.79. The molecule has 20 heavy (non-hydrogen) atoms. The first kappa shape index (κ1) is 14.6. The van der Waals surface area contributed by atoms with Crippen LogP contribution in [0.15, 0.2) is 46.9 Å². The fraction of sp³-hybridized carbons (Fsp3) is 0.188. The highest BCUT2D eigenvalue weighted by Gasteiger charge is 2.12. The topological polar surface area (TPSA) is 38.3 Å². The summed E-state index contributed by atoms with van der Waals surface area (Å²) in [5.41, 5.74) is 2.49. The molecule has 0 aliphatic heterocycles. The maximum atomic E-state index is 12.3. The highest BCUT2D eigenvalue weighted by molar-refractivity contribution is 9.10. The summed E-state index contributed by atoms with van der Waals surface area (Å²) >= 11 is 3.36. The smallest absolute Gasteiger partial charge is 0.259 e. The van der Waals surface area contributed by atoms with Crippen molar-refractivity contribution >= 4 is 27.5 Å². The van der Waals surface area contributed by atoms with Crippen molar-refractivity contribution in [1.29, 1.82) is 0 Å². The molecule has 3 nitrogen and oxygen atoms in total. The summed E-state index contributed by atoms with van der Waals surface area (Å²) in [6.07, 6.45) is 0.936. The molecule has 1 amide bonds. The molecule has 0 bridgehead atoms. The highest BCUT2D eigenvalue weighted by atomic mass is 79.9. The van der Waals surface area contributed by atoms with Gasteiger partial charge in [-0.15, -0.1) is 0 Å². The van der Waals surface area contributed by atoms with Gasteiger partial charge in [0, 0.05) is 10.2 Å². The van der Waals surface area contributed by atoms with Crippen LogP contribution in [0.4, 0.5) is 5.69 Å². The van der Waals surface area contributed by atoms with E-state index in [2.05, 4.69) is 28.2 Å². The van der Waals surface area contributed by atoms with Gasteiger partial charge in [0.25, 0.3) is 5.91 Å². The maximum Gasteiger partial charge on any atom is 0.259 e. The Hall–Kier alpha value is -1.81. The molecule has 0 saturated carbocycles. The quantitative estimate of drug-likeness (QED) is 0.907. The SMILES string of the molecule is CCc1cccc(NC(=O)c2ccc(Br)cc2OC)c1. The minimum Gasteiger partial charge on any atom is -0.496 e. The highest BCUT2D eigenvalue weighted by Crippen LogP contribution is 2.24. The van der Waals surface area contributed by atoms with E-state index in [1.807, 2.05) is 30.3 Å². The molecule has 0 radical (unpaired) electrons. The summed E-state index contributed by atoms with van der Waals surface area (Å²) in [4.78, 5) is 12.3. The summed E-state index contributed by atoms with van der Waals surface area (Å²) < 4.78 is 6.11. The van der Waals surface area contributed by atoms with Crippen LogP contribution in [0.3, 0.4) is 0 Å². The van der Waals surface area contributed by atoms with Gasteiger partial charge in [-0.25, -0.2) is 0 Å². The van der Waals surface area contributed by atoms with Gasteiger partial charge in [0.15, 0.2) is 0 Å². The van der Waals surface area contributed by atoms with E-state index in [1.165, 1.54) is 5.56 Å². The number of hydrogen-bond donors (Lipinski definition) is 1. The number of carbonyl (C=O) groups is 1. The van der Waals surface area contributed by atoms with Crippen molar-refractivity contribution in [2.75, 3.05) is 12.4 Å². The Balaban J connectivity index is 2.23. The number of rotatable bonds is 4. The van der Waals surface area contributed by atoms with Crippen LogP contribution in [0, 0.1) is 0 Å². The van der Waals surface area contributed by atoms with Crippen LogP contribution in [0.25, 0.3) is 0 Å². The Morgan fingerprint density at radius 2 is 2.05 bits per heavy atom. The van der Waals surface area contributed by atoms with E-state index < -0.39 is 0 Å². The zero-order valence-corrected chi connectivity index (χ0v) is 13.0. The monoisotopic (exact) mass is 333 g/mol. The van der Waals surface area contributed by atoms with E-state index in [1.54, 1.807) is 19.2 Å². The molecule has 0 heterocycles. The number of hydrogen-bond acceptors (Lipinski definition) is 2. The van der Waals surface area contributed by atoms with Crippen molar-refractivity contribution in [3.8, 4) is 5.75 Å². The summed E-state index contributed by atoms with van der Waals surface area (Å²) in [6.45, 7) is 2.08. The first-order chi connectivity index (χ1) is 9.63. The van der Waals surface area contributed by atoms with Gasteiger partial charge in [-0.1, -0.05) is 35.0 Å². The van der Waals surface area contributed by atoms with E-state index >= 15 is 0 Å². The van der Waals surface area contributed by atoms with E-state index in [-0.39, 0.29) is 5.91 Å². The zero-order valence-electron chi connectivity index (χ0n) is 11.4. The summed E-state index contributed by atoms with van der Waals surface area (Å²) in [6, 6.07) is 13.2. The number of ether oxygens (including phenoxy) is 1. The lowest BCUT2D eigenvalue weighted by atomic mass is 10.1. The predicted octanol–water partition coefficient (Wildman–Crippen LogP) is 4.27. The van der Waals surface area contributed by atoms with Crippen molar-refractivity contribution < 1.29 is 9.53 Å². The second-order valence-corrected chi connectivity index (χ2v) is 5.27. The second kappa shape index (κ2) is 6.57. The number of aryl methyl sites for hydroxylation is 1. The second-order valence-electron chi connectivity index (χ2n) is 4.35. The van der Waals surface area contributed by atoms with Crippen molar-refractivity contribution in [3.05, 3.63) is 58.1 Å². The number of benzene rings is 2. The van der Waals surface area contributed by atoms with Crippen LogP contribution < -0.4 is 10.1 Å². The van der Waals surface area contributed by atoms with Gasteiger partial charge in [0.05, 0.1) is 12.7 Å². The molecule has 2 aromatic carbocycles. The van der Waals surface area contributed by atoms with Gasteiger partial charge >= 0.3 is 0 Å². The van der Waals surface area contributed by atoms with E-state index in [4.69, 9.17) is 4.74 Å². The van der Waals surface area contributed by atoms with Gasteiger partial charge < -0.3 is 10.1 Å². The third kappa shape index (κ3) is 3.39. The fourth-order valence-electron chi connectivity index (χ4n) is 1.92. The molecular weight excluding hydrogens is 318 g/mol. The zero-order chi connectivity index (χ0) is 14.5. The molecule has 0 unspecified atom stereocenters. The van der Waals surface area contributed by atoms with Gasteiger partial charge in [-0.05, 0) is 42.3 Å². The lowest BCUT2D eigenvalue weighted by molar-refractivity contribution is 0.102. The molecule has 0 saturated heterocycles.